The number of hydrogen-bond donors (Lipinski definition) is 0. The van der Waals surface area contributed by atoms with E-state index in [4.69, 9.17) is 0 Å². The summed E-state index contributed by atoms with van der Waals surface area (Å²) in [6, 6.07) is 144. The van der Waals surface area contributed by atoms with Crippen LogP contribution in [0.3, 0.4) is 0 Å². The maximum absolute atomic E-state index is 3.15. The van der Waals surface area contributed by atoms with Crippen LogP contribution in [0.2, 0.25) is 0 Å². The van der Waals surface area contributed by atoms with Crippen LogP contribution in [0.1, 0.15) is 52.7 Å². The molecule has 2 aliphatic rings. The summed E-state index contributed by atoms with van der Waals surface area (Å²) in [4.78, 5) is 5.36. The molecule has 0 aliphatic carbocycles. The Morgan fingerprint density at radius 3 is 1.11 bits per heavy atom. The van der Waals surface area contributed by atoms with Crippen molar-refractivity contribution in [3.63, 3.8) is 0 Å². The van der Waals surface area contributed by atoms with Crippen molar-refractivity contribution in [3.05, 3.63) is 387 Å². The van der Waals surface area contributed by atoms with Crippen molar-refractivity contribution in [2.45, 2.75) is 52.4 Å². The summed E-state index contributed by atoms with van der Waals surface area (Å²) >= 11 is 0. The zero-order chi connectivity index (χ0) is 70.3. The molecule has 0 spiro atoms. The van der Waals surface area contributed by atoms with E-state index < -0.39 is 16.1 Å². The lowest BCUT2D eigenvalue weighted by atomic mass is 9.33. The molecule has 0 fully saturated rings. The van der Waals surface area contributed by atoms with Crippen LogP contribution in [-0.2, 0) is 10.8 Å². The lowest BCUT2D eigenvalue weighted by Crippen LogP contribution is -2.74. The highest BCUT2D eigenvalue weighted by atomic mass is 28.3. The summed E-state index contributed by atoms with van der Waals surface area (Å²) in [5, 5.41) is 13.1. The van der Waals surface area contributed by atoms with Crippen LogP contribution < -0.4 is 67.7 Å². The summed E-state index contributed by atoms with van der Waals surface area (Å²) in [5.74, 6) is 0. The van der Waals surface area contributed by atoms with E-state index >= 15 is 0 Å². The van der Waals surface area contributed by atoms with Crippen molar-refractivity contribution in [2.24, 2.45) is 0 Å². The Labute approximate surface area is 614 Å². The van der Waals surface area contributed by atoms with Crippen molar-refractivity contribution in [1.82, 2.24) is 4.57 Å². The molecule has 15 aromatic carbocycles. The van der Waals surface area contributed by atoms with Crippen LogP contribution in [0.15, 0.2) is 376 Å². The largest absolute Gasteiger partial charge is 0.311 e. The van der Waals surface area contributed by atoms with Crippen molar-refractivity contribution >= 4 is 137 Å². The Kier molecular flexibility index (Phi) is 15.8. The summed E-state index contributed by atoms with van der Waals surface area (Å²) in [5.41, 5.74) is 21.2. The molecule has 498 valence electrons. The van der Waals surface area contributed by atoms with Crippen LogP contribution >= 0.6 is 0 Å². The summed E-state index contributed by atoms with van der Waals surface area (Å²) in [6.07, 6.45) is 0. The Morgan fingerprint density at radius 1 is 0.260 bits per heavy atom. The second-order valence-corrected chi connectivity index (χ2v) is 38.0. The van der Waals surface area contributed by atoms with Crippen molar-refractivity contribution in [1.29, 1.82) is 0 Å². The number of benzene rings is 15. The Morgan fingerprint density at radius 2 is 0.644 bits per heavy atom. The standard InChI is InChI=1S/C98H80BN3Si2/c1-97(2,3)72-55-59-81(60-56-72)103(77-38-17-9-18-39-77,78-40-19-10-20-41-78)83-46-29-36-74(65-83)100-92-64-71(69-32-13-7-14-33-69)54-63-88(92)99-89-51-31-50-85(70-34-15-8-16-35-70)96(89)102(94-68-76(67-93(100)95(94)99)101-90-52-27-25-48-86(90)87-49-26-28-53-91(87)101)75-37-30-47-84(66-75)104(79-42-21-11-22-43-79,80-44-23-12-24-45-80)82-61-57-73(58-62-82)98(4,5)6/h7-68H,1-6H3. The molecule has 0 amide bonds. The van der Waals surface area contributed by atoms with E-state index in [1.807, 2.05) is 0 Å². The number of fused-ring (bicyclic) bond motifs is 7. The Bertz CT molecular complexity index is 5740. The van der Waals surface area contributed by atoms with Gasteiger partial charge in [0.1, 0.15) is 0 Å². The molecule has 3 nitrogen and oxygen atoms in total. The number of para-hydroxylation sites is 3. The molecule has 0 atom stereocenters. The van der Waals surface area contributed by atoms with Gasteiger partial charge in [0.15, 0.2) is 16.1 Å². The maximum atomic E-state index is 2.69. The number of aromatic nitrogens is 1. The normalized spacial score (nSPS) is 12.8. The van der Waals surface area contributed by atoms with E-state index in [-0.39, 0.29) is 17.5 Å². The van der Waals surface area contributed by atoms with E-state index in [2.05, 4.69) is 432 Å². The van der Waals surface area contributed by atoms with E-state index in [9.17, 15) is 0 Å². The first-order valence-electron chi connectivity index (χ1n) is 36.7. The van der Waals surface area contributed by atoms with E-state index in [1.54, 1.807) is 0 Å². The molecule has 0 bridgehead atoms. The van der Waals surface area contributed by atoms with E-state index in [1.165, 1.54) is 96.6 Å². The van der Waals surface area contributed by atoms with Crippen LogP contribution in [0.5, 0.6) is 0 Å². The topological polar surface area (TPSA) is 11.4 Å². The van der Waals surface area contributed by atoms with E-state index in [0.29, 0.717) is 0 Å². The molecule has 0 N–H and O–H groups in total. The third-order valence-electron chi connectivity index (χ3n) is 22.4. The molecule has 0 radical (unpaired) electrons. The summed E-state index contributed by atoms with van der Waals surface area (Å²) in [7, 11) is -6.29. The number of anilines is 6. The summed E-state index contributed by atoms with van der Waals surface area (Å²) in [6.45, 7) is 13.7. The smallest absolute Gasteiger partial charge is 0.252 e. The van der Waals surface area contributed by atoms with Gasteiger partial charge in [-0.15, -0.1) is 0 Å². The first kappa shape index (κ1) is 64.3. The average molecular weight is 1370 g/mol. The average Bonchev–Trinajstić information content (AvgIpc) is 0.790. The molecular formula is C98H80BN3Si2. The fourth-order valence-corrected chi connectivity index (χ4v) is 27.0. The second kappa shape index (κ2) is 25.6. The molecular weight excluding hydrogens is 1290 g/mol. The van der Waals surface area contributed by atoms with Crippen molar-refractivity contribution in [3.8, 4) is 27.9 Å². The van der Waals surface area contributed by atoms with Gasteiger partial charge < -0.3 is 14.4 Å². The summed E-state index contributed by atoms with van der Waals surface area (Å²) < 4.78 is 2.54. The zero-order valence-electron chi connectivity index (χ0n) is 59.7. The SMILES string of the molecule is CC(C)(C)c1ccc([Si](c2ccccc2)(c2ccccc2)c2cccc(N3c4cc(-c5ccccc5)ccc4B4c5cccc(-c6ccccc6)c5N(c5cccc([Si](c6ccccc6)(c6ccccc6)c6ccc(C(C)(C)C)cc6)c5)c5cc(-n6c7ccccc7c7ccccc76)cc3c54)c2)cc1. The van der Waals surface area contributed by atoms with E-state index in [0.717, 1.165) is 56.3 Å². The van der Waals surface area contributed by atoms with Gasteiger partial charge in [0.2, 0.25) is 0 Å². The van der Waals surface area contributed by atoms with Gasteiger partial charge in [0, 0.05) is 50.5 Å². The van der Waals surface area contributed by atoms with Gasteiger partial charge in [-0.05, 0) is 151 Å². The monoisotopic (exact) mass is 1370 g/mol. The first-order chi connectivity index (χ1) is 50.9. The molecule has 0 unspecified atom stereocenters. The third-order valence-corrected chi connectivity index (χ3v) is 31.9. The van der Waals surface area contributed by atoms with Crippen LogP contribution in [0.25, 0.3) is 49.7 Å². The van der Waals surface area contributed by atoms with Gasteiger partial charge >= 0.3 is 0 Å². The van der Waals surface area contributed by atoms with Crippen molar-refractivity contribution in [2.75, 3.05) is 9.80 Å². The molecule has 0 saturated heterocycles. The van der Waals surface area contributed by atoms with Gasteiger partial charge in [0.05, 0.1) is 16.7 Å². The second-order valence-electron chi connectivity index (χ2n) is 30.3. The molecule has 1 aromatic heterocycles. The highest BCUT2D eigenvalue weighted by Crippen LogP contribution is 2.49. The third kappa shape index (κ3) is 10.5. The number of hydrogen-bond acceptors (Lipinski definition) is 2. The molecule has 2 aliphatic heterocycles. The van der Waals surface area contributed by atoms with Crippen molar-refractivity contribution < 1.29 is 0 Å². The number of nitrogens with zero attached hydrogens (tertiary/aromatic N) is 3. The quantitative estimate of drug-likeness (QED) is 0.0842. The predicted octanol–water partition coefficient (Wildman–Crippen LogP) is 17.6. The highest BCUT2D eigenvalue weighted by Gasteiger charge is 2.48. The van der Waals surface area contributed by atoms with Gasteiger partial charge in [-0.3, -0.25) is 0 Å². The van der Waals surface area contributed by atoms with Gasteiger partial charge in [-0.2, -0.15) is 0 Å². The van der Waals surface area contributed by atoms with Crippen LogP contribution in [0.4, 0.5) is 34.1 Å². The number of rotatable bonds is 13. The minimum absolute atomic E-state index is 0.0231. The zero-order valence-corrected chi connectivity index (χ0v) is 61.7. The van der Waals surface area contributed by atoms with Gasteiger partial charge in [-0.1, -0.05) is 363 Å². The Balaban J connectivity index is 0.975. The minimum atomic E-state index is -3.15. The van der Waals surface area contributed by atoms with Crippen LogP contribution in [-0.4, -0.2) is 27.4 Å². The highest BCUT2D eigenvalue weighted by molar-refractivity contribution is 7.20. The molecule has 16 aromatic rings. The fraction of sp³-hybridized carbons (Fsp3) is 0.0816. The van der Waals surface area contributed by atoms with Gasteiger partial charge in [-0.25, -0.2) is 0 Å². The van der Waals surface area contributed by atoms with Crippen LogP contribution in [0, 0.1) is 0 Å². The molecule has 18 rings (SSSR count). The molecule has 0 saturated carbocycles. The molecule has 3 heterocycles. The lowest BCUT2D eigenvalue weighted by molar-refractivity contribution is 0.590. The van der Waals surface area contributed by atoms with Gasteiger partial charge in [0.25, 0.3) is 6.71 Å². The molecule has 104 heavy (non-hydrogen) atoms. The Hall–Kier alpha value is -11.8. The minimum Gasteiger partial charge on any atom is -0.311 e. The molecule has 6 heteroatoms. The predicted molar refractivity (Wildman–Crippen MR) is 450 cm³/mol. The lowest BCUT2D eigenvalue weighted by Gasteiger charge is -2.45. The maximum Gasteiger partial charge on any atom is 0.252 e. The first-order valence-corrected chi connectivity index (χ1v) is 40.7. The fourth-order valence-electron chi connectivity index (χ4n) is 17.5.